The van der Waals surface area contributed by atoms with Gasteiger partial charge in [-0.2, -0.15) is 26.3 Å². The first-order valence-electron chi connectivity index (χ1n) is 2.87. The lowest BCUT2D eigenvalue weighted by Gasteiger charge is -2.29. The maximum absolute atomic E-state index is 12.2. The Kier molecular flexibility index (Phi) is 3.13. The number of alkyl halides is 8. The molecule has 0 aromatic carbocycles. The first kappa shape index (κ1) is 12.8. The van der Waals surface area contributed by atoms with Crippen LogP contribution >= 0.6 is 11.6 Å². The Morgan fingerprint density at radius 1 is 1.00 bits per heavy atom. The van der Waals surface area contributed by atoms with Crippen molar-refractivity contribution in [3.05, 3.63) is 0 Å². The molecule has 0 aromatic rings. The number of halogens is 8. The molecule has 0 nitrogen and oxygen atoms in total. The van der Waals surface area contributed by atoms with Gasteiger partial charge >= 0.3 is 12.4 Å². The average Bonchev–Trinajstić information content (AvgIpc) is 1.81. The summed E-state index contributed by atoms with van der Waals surface area (Å²) in [5.41, 5.74) is 0. The fourth-order valence-corrected chi connectivity index (χ4v) is 0.575. The van der Waals surface area contributed by atoms with Crippen LogP contribution in [0.5, 0.6) is 0 Å². The van der Waals surface area contributed by atoms with Gasteiger partial charge in [-0.3, -0.25) is 0 Å². The molecule has 0 bridgehead atoms. The van der Waals surface area contributed by atoms with E-state index >= 15 is 0 Å². The van der Waals surface area contributed by atoms with Crippen molar-refractivity contribution < 1.29 is 30.7 Å². The number of hydrogen-bond acceptors (Lipinski definition) is 0. The zero-order valence-electron chi connectivity index (χ0n) is 6.10. The molecule has 0 fully saturated rings. The highest BCUT2D eigenvalue weighted by Crippen LogP contribution is 2.45. The predicted octanol–water partition coefficient (Wildman–Crippen LogP) is 3.45. The molecule has 2 unspecified atom stereocenters. The molecule has 80 valence electrons. The van der Waals surface area contributed by atoms with Crippen molar-refractivity contribution >= 4 is 11.6 Å². The zero-order valence-corrected chi connectivity index (χ0v) is 6.86. The van der Waals surface area contributed by atoms with Crippen LogP contribution < -0.4 is 0 Å². The van der Waals surface area contributed by atoms with Gasteiger partial charge in [-0.15, -0.1) is 11.6 Å². The maximum Gasteiger partial charge on any atom is 0.421 e. The molecular formula is C5H4ClF7. The highest BCUT2D eigenvalue weighted by Gasteiger charge is 2.64. The minimum Gasteiger partial charge on any atom is -0.235 e. The Morgan fingerprint density at radius 2 is 1.31 bits per heavy atom. The average molecular weight is 233 g/mol. The molecule has 0 rings (SSSR count). The second-order valence-electron chi connectivity index (χ2n) is 2.48. The van der Waals surface area contributed by atoms with Crippen LogP contribution in [0, 0.1) is 0 Å². The van der Waals surface area contributed by atoms with Gasteiger partial charge in [0.05, 0.1) is 0 Å². The summed E-state index contributed by atoms with van der Waals surface area (Å²) in [5, 5.41) is 0. The van der Waals surface area contributed by atoms with Crippen LogP contribution in [0.15, 0.2) is 0 Å². The van der Waals surface area contributed by atoms with E-state index in [2.05, 4.69) is 11.6 Å². The minimum absolute atomic E-state index is 0.0628. The van der Waals surface area contributed by atoms with Crippen LogP contribution in [0.4, 0.5) is 30.7 Å². The molecule has 2 atom stereocenters. The molecule has 0 amide bonds. The van der Waals surface area contributed by atoms with E-state index in [-0.39, 0.29) is 6.92 Å². The summed E-state index contributed by atoms with van der Waals surface area (Å²) >= 11 is 4.43. The van der Waals surface area contributed by atoms with Gasteiger partial charge in [-0.25, -0.2) is 4.39 Å². The third-order valence-electron chi connectivity index (χ3n) is 1.32. The summed E-state index contributed by atoms with van der Waals surface area (Å²) in [7, 11) is 0. The first-order chi connectivity index (χ1) is 5.40. The molecule has 0 N–H and O–H groups in total. The summed E-state index contributed by atoms with van der Waals surface area (Å²) in [4.78, 5) is -3.94. The number of rotatable bonds is 1. The molecule has 0 saturated carbocycles. The Balaban J connectivity index is 4.86. The van der Waals surface area contributed by atoms with E-state index in [0.717, 1.165) is 0 Å². The lowest BCUT2D eigenvalue weighted by Crippen LogP contribution is -2.51. The molecule has 0 aliphatic carbocycles. The van der Waals surface area contributed by atoms with E-state index in [9.17, 15) is 30.7 Å². The molecule has 0 aromatic heterocycles. The Morgan fingerprint density at radius 3 is 1.38 bits per heavy atom. The van der Waals surface area contributed by atoms with Crippen molar-refractivity contribution in [3.8, 4) is 0 Å². The standard InChI is InChI=1S/C5H4ClF7/c1-3(6,5(11,12)13)2(7)4(8,9)10/h2H,1H3. The second-order valence-corrected chi connectivity index (χ2v) is 3.26. The molecule has 13 heavy (non-hydrogen) atoms. The monoisotopic (exact) mass is 232 g/mol. The van der Waals surface area contributed by atoms with E-state index in [0.29, 0.717) is 0 Å². The molecule has 0 heterocycles. The predicted molar refractivity (Wildman–Crippen MR) is 31.3 cm³/mol. The van der Waals surface area contributed by atoms with Crippen molar-refractivity contribution in [2.24, 2.45) is 0 Å². The van der Waals surface area contributed by atoms with Gasteiger partial charge < -0.3 is 0 Å². The fraction of sp³-hybridized carbons (Fsp3) is 1.00. The fourth-order valence-electron chi connectivity index (χ4n) is 0.451. The third kappa shape index (κ3) is 2.62. The highest BCUT2D eigenvalue weighted by molar-refractivity contribution is 6.24. The van der Waals surface area contributed by atoms with Crippen molar-refractivity contribution in [1.29, 1.82) is 0 Å². The van der Waals surface area contributed by atoms with E-state index in [1.165, 1.54) is 0 Å². The lowest BCUT2D eigenvalue weighted by molar-refractivity contribution is -0.241. The lowest BCUT2D eigenvalue weighted by atomic mass is 10.0. The molecule has 0 radical (unpaired) electrons. The van der Waals surface area contributed by atoms with Gasteiger partial charge in [0.2, 0.25) is 6.17 Å². The maximum atomic E-state index is 12.2. The zero-order chi connectivity index (χ0) is 11.1. The van der Waals surface area contributed by atoms with Crippen molar-refractivity contribution in [2.75, 3.05) is 0 Å². The molecule has 0 aliphatic rings. The van der Waals surface area contributed by atoms with Gasteiger partial charge in [0.15, 0.2) is 4.87 Å². The van der Waals surface area contributed by atoms with E-state index in [4.69, 9.17) is 0 Å². The summed E-state index contributed by atoms with van der Waals surface area (Å²) in [6.07, 6.45) is -15.2. The van der Waals surface area contributed by atoms with Crippen molar-refractivity contribution in [1.82, 2.24) is 0 Å². The SMILES string of the molecule is CC(Cl)(C(F)C(F)(F)F)C(F)(F)F. The summed E-state index contributed by atoms with van der Waals surface area (Å²) in [6, 6.07) is 0. The molecular weight excluding hydrogens is 228 g/mol. The smallest absolute Gasteiger partial charge is 0.235 e. The van der Waals surface area contributed by atoms with Crippen LogP contribution in [0.1, 0.15) is 6.92 Å². The van der Waals surface area contributed by atoms with E-state index in [1.807, 2.05) is 0 Å². The van der Waals surface area contributed by atoms with Crippen molar-refractivity contribution in [2.45, 2.75) is 30.3 Å². The van der Waals surface area contributed by atoms with Gasteiger partial charge in [0, 0.05) is 0 Å². The Bertz CT molecular complexity index is 178. The quantitative estimate of drug-likeness (QED) is 0.480. The topological polar surface area (TPSA) is 0 Å². The molecule has 0 saturated heterocycles. The molecule has 0 spiro atoms. The summed E-state index contributed by atoms with van der Waals surface area (Å²) in [5.74, 6) is 0. The van der Waals surface area contributed by atoms with Gasteiger partial charge in [0.25, 0.3) is 0 Å². The second kappa shape index (κ2) is 3.18. The Hall–Kier alpha value is -0.200. The normalized spacial score (nSPS) is 21.0. The largest absolute Gasteiger partial charge is 0.421 e. The van der Waals surface area contributed by atoms with Crippen LogP contribution in [0.2, 0.25) is 0 Å². The van der Waals surface area contributed by atoms with Gasteiger partial charge in [-0.1, -0.05) is 0 Å². The van der Waals surface area contributed by atoms with Crippen LogP contribution in [-0.2, 0) is 0 Å². The number of hydrogen-bond donors (Lipinski definition) is 0. The first-order valence-corrected chi connectivity index (χ1v) is 3.25. The van der Waals surface area contributed by atoms with Crippen LogP contribution in [0.3, 0.4) is 0 Å². The van der Waals surface area contributed by atoms with Crippen LogP contribution in [0.25, 0.3) is 0 Å². The molecule has 0 aliphatic heterocycles. The van der Waals surface area contributed by atoms with Crippen LogP contribution in [-0.4, -0.2) is 23.4 Å². The van der Waals surface area contributed by atoms with E-state index < -0.39 is 23.4 Å². The Labute approximate surface area is 73.7 Å². The molecule has 8 heteroatoms. The summed E-state index contributed by atoms with van der Waals surface area (Å²) in [6.45, 7) is -0.0628. The van der Waals surface area contributed by atoms with Gasteiger partial charge in [0.1, 0.15) is 0 Å². The highest BCUT2D eigenvalue weighted by atomic mass is 35.5. The van der Waals surface area contributed by atoms with Crippen molar-refractivity contribution in [3.63, 3.8) is 0 Å². The third-order valence-corrected chi connectivity index (χ3v) is 1.72. The van der Waals surface area contributed by atoms with Gasteiger partial charge in [-0.05, 0) is 6.92 Å². The van der Waals surface area contributed by atoms with E-state index in [1.54, 1.807) is 0 Å². The minimum atomic E-state index is -5.62. The summed E-state index contributed by atoms with van der Waals surface area (Å²) < 4.78 is 82.0.